The number of ether oxygens (including phenoxy) is 1. The van der Waals surface area contributed by atoms with Crippen LogP contribution in [-0.4, -0.2) is 30.1 Å². The Morgan fingerprint density at radius 3 is 2.53 bits per heavy atom. The van der Waals surface area contributed by atoms with E-state index in [9.17, 15) is 13.6 Å². The molecule has 0 bridgehead atoms. The van der Waals surface area contributed by atoms with E-state index in [1.54, 1.807) is 20.8 Å². The zero-order valence-electron chi connectivity index (χ0n) is 9.27. The van der Waals surface area contributed by atoms with Crippen LogP contribution in [0, 0.1) is 0 Å². The van der Waals surface area contributed by atoms with E-state index < -0.39 is 23.5 Å². The smallest absolute Gasteiger partial charge is 0.307 e. The van der Waals surface area contributed by atoms with Crippen molar-refractivity contribution in [3.8, 4) is 0 Å². The van der Waals surface area contributed by atoms with Crippen LogP contribution in [0.25, 0.3) is 0 Å². The van der Waals surface area contributed by atoms with E-state index in [1.165, 1.54) is 0 Å². The zero-order valence-corrected chi connectivity index (χ0v) is 9.27. The summed E-state index contributed by atoms with van der Waals surface area (Å²) >= 11 is 0. The Kier molecular flexibility index (Phi) is 3.33. The molecular formula is C10H17F2NO2. The lowest BCUT2D eigenvalue weighted by molar-refractivity contribution is -0.155. The quantitative estimate of drug-likeness (QED) is 0.721. The first-order valence-electron chi connectivity index (χ1n) is 5.01. The van der Waals surface area contributed by atoms with Gasteiger partial charge in [-0.1, -0.05) is 0 Å². The summed E-state index contributed by atoms with van der Waals surface area (Å²) in [6.07, 6.45) is -0.279. The summed E-state index contributed by atoms with van der Waals surface area (Å²) in [6.45, 7) is 4.91. The standard InChI is InChI=1S/C10H17F2NO2/c1-9(2,3)15-8(14)4-7-5-10(11,12)6-13-7/h7,13H,4-6H2,1-3H3/t7-/m1/s1. The van der Waals surface area contributed by atoms with Gasteiger partial charge in [0, 0.05) is 12.5 Å². The summed E-state index contributed by atoms with van der Waals surface area (Å²) < 4.78 is 30.6. The maximum atomic E-state index is 12.8. The highest BCUT2D eigenvalue weighted by atomic mass is 19.3. The summed E-state index contributed by atoms with van der Waals surface area (Å²) in [6, 6.07) is -0.463. The first-order chi connectivity index (χ1) is 6.68. The molecule has 0 spiro atoms. The Bertz CT molecular complexity index is 248. The van der Waals surface area contributed by atoms with Crippen molar-refractivity contribution in [3.05, 3.63) is 0 Å². The van der Waals surface area contributed by atoms with Gasteiger partial charge < -0.3 is 10.1 Å². The van der Waals surface area contributed by atoms with Crippen LogP contribution in [-0.2, 0) is 9.53 Å². The second kappa shape index (κ2) is 4.04. The van der Waals surface area contributed by atoms with Crippen molar-refractivity contribution >= 4 is 5.97 Å². The molecule has 88 valence electrons. The van der Waals surface area contributed by atoms with E-state index >= 15 is 0 Å². The molecule has 0 aromatic heterocycles. The molecule has 1 heterocycles. The fourth-order valence-corrected chi connectivity index (χ4v) is 1.53. The number of hydrogen-bond donors (Lipinski definition) is 1. The predicted molar refractivity (Wildman–Crippen MR) is 51.8 cm³/mol. The molecule has 3 nitrogen and oxygen atoms in total. The van der Waals surface area contributed by atoms with Gasteiger partial charge in [0.2, 0.25) is 0 Å². The highest BCUT2D eigenvalue weighted by Gasteiger charge is 2.40. The fourth-order valence-electron chi connectivity index (χ4n) is 1.53. The van der Waals surface area contributed by atoms with Crippen molar-refractivity contribution in [2.75, 3.05) is 6.54 Å². The fraction of sp³-hybridized carbons (Fsp3) is 0.900. The molecule has 0 amide bonds. The summed E-state index contributed by atoms with van der Waals surface area (Å²) in [5, 5.41) is 2.61. The average Bonchev–Trinajstić information content (AvgIpc) is 2.25. The highest BCUT2D eigenvalue weighted by Crippen LogP contribution is 2.26. The van der Waals surface area contributed by atoms with Crippen LogP contribution in [0.3, 0.4) is 0 Å². The van der Waals surface area contributed by atoms with Crippen molar-refractivity contribution in [1.82, 2.24) is 5.32 Å². The number of carbonyl (C=O) groups is 1. The average molecular weight is 221 g/mol. The van der Waals surface area contributed by atoms with Crippen LogP contribution in [0.4, 0.5) is 8.78 Å². The molecule has 0 aromatic rings. The minimum absolute atomic E-state index is 0.00681. The number of nitrogens with one attached hydrogen (secondary N) is 1. The molecule has 1 aliphatic heterocycles. The van der Waals surface area contributed by atoms with Gasteiger partial charge in [-0.15, -0.1) is 0 Å². The molecule has 0 saturated carbocycles. The van der Waals surface area contributed by atoms with Crippen molar-refractivity contribution in [2.45, 2.75) is 51.2 Å². The Morgan fingerprint density at radius 2 is 2.13 bits per heavy atom. The molecule has 1 N–H and O–H groups in total. The van der Waals surface area contributed by atoms with Gasteiger partial charge in [-0.25, -0.2) is 8.78 Å². The van der Waals surface area contributed by atoms with Crippen LogP contribution in [0.1, 0.15) is 33.6 Å². The number of halogens is 2. The van der Waals surface area contributed by atoms with Crippen LogP contribution in [0.15, 0.2) is 0 Å². The van der Waals surface area contributed by atoms with E-state index in [0.29, 0.717) is 0 Å². The molecule has 1 aliphatic rings. The maximum absolute atomic E-state index is 12.8. The van der Waals surface area contributed by atoms with Crippen LogP contribution in [0.5, 0.6) is 0 Å². The van der Waals surface area contributed by atoms with E-state index in [4.69, 9.17) is 4.74 Å². The Hall–Kier alpha value is -0.710. The summed E-state index contributed by atoms with van der Waals surface area (Å²) in [5.41, 5.74) is -0.557. The molecular weight excluding hydrogens is 204 g/mol. The first kappa shape index (κ1) is 12.4. The third-order valence-electron chi connectivity index (χ3n) is 2.03. The summed E-state index contributed by atoms with van der Waals surface area (Å²) in [7, 11) is 0. The van der Waals surface area contributed by atoms with Gasteiger partial charge in [0.1, 0.15) is 5.60 Å². The molecule has 1 atom stereocenters. The normalized spacial score (nSPS) is 25.3. The number of alkyl halides is 2. The van der Waals surface area contributed by atoms with Gasteiger partial charge in [0.15, 0.2) is 0 Å². The Labute approximate surface area is 88.2 Å². The van der Waals surface area contributed by atoms with Crippen LogP contribution < -0.4 is 5.32 Å². The van der Waals surface area contributed by atoms with E-state index in [2.05, 4.69) is 5.32 Å². The predicted octanol–water partition coefficient (Wildman–Crippen LogP) is 1.72. The lowest BCUT2D eigenvalue weighted by Crippen LogP contribution is -2.30. The van der Waals surface area contributed by atoms with Crippen LogP contribution in [0.2, 0.25) is 0 Å². The molecule has 5 heteroatoms. The van der Waals surface area contributed by atoms with Gasteiger partial charge in [0.25, 0.3) is 5.92 Å². The van der Waals surface area contributed by atoms with Crippen molar-refractivity contribution < 1.29 is 18.3 Å². The van der Waals surface area contributed by atoms with Gasteiger partial charge in [-0.3, -0.25) is 4.79 Å². The molecule has 1 fully saturated rings. The number of esters is 1. The number of rotatable bonds is 2. The van der Waals surface area contributed by atoms with E-state index in [1.807, 2.05) is 0 Å². The maximum Gasteiger partial charge on any atom is 0.307 e. The topological polar surface area (TPSA) is 38.3 Å². The lowest BCUT2D eigenvalue weighted by atomic mass is 10.1. The second-order valence-corrected chi connectivity index (χ2v) is 4.93. The zero-order chi connectivity index (χ0) is 11.7. The van der Waals surface area contributed by atoms with Crippen molar-refractivity contribution in [1.29, 1.82) is 0 Å². The monoisotopic (exact) mass is 221 g/mol. The molecule has 1 saturated heterocycles. The van der Waals surface area contributed by atoms with Gasteiger partial charge in [-0.05, 0) is 20.8 Å². The molecule has 1 rings (SSSR count). The molecule has 0 aromatic carbocycles. The van der Waals surface area contributed by atoms with Crippen molar-refractivity contribution in [3.63, 3.8) is 0 Å². The van der Waals surface area contributed by atoms with Gasteiger partial charge in [0.05, 0.1) is 13.0 Å². The number of hydrogen-bond acceptors (Lipinski definition) is 3. The molecule has 15 heavy (non-hydrogen) atoms. The lowest BCUT2D eigenvalue weighted by Gasteiger charge is -2.20. The Balaban J connectivity index is 2.34. The summed E-state index contributed by atoms with van der Waals surface area (Å²) in [4.78, 5) is 11.3. The SMILES string of the molecule is CC(C)(C)OC(=O)C[C@@H]1CC(F)(F)CN1. The third kappa shape index (κ3) is 4.55. The van der Waals surface area contributed by atoms with E-state index in [-0.39, 0.29) is 19.4 Å². The Morgan fingerprint density at radius 1 is 1.53 bits per heavy atom. The minimum atomic E-state index is -2.69. The van der Waals surface area contributed by atoms with Crippen molar-refractivity contribution in [2.24, 2.45) is 0 Å². The molecule has 0 radical (unpaired) electrons. The van der Waals surface area contributed by atoms with Gasteiger partial charge >= 0.3 is 5.97 Å². The van der Waals surface area contributed by atoms with Crippen LogP contribution >= 0.6 is 0 Å². The largest absolute Gasteiger partial charge is 0.460 e. The third-order valence-corrected chi connectivity index (χ3v) is 2.03. The van der Waals surface area contributed by atoms with E-state index in [0.717, 1.165) is 0 Å². The molecule has 0 aliphatic carbocycles. The second-order valence-electron chi connectivity index (χ2n) is 4.93. The number of carbonyl (C=O) groups excluding carboxylic acids is 1. The molecule has 0 unspecified atom stereocenters. The van der Waals surface area contributed by atoms with Gasteiger partial charge in [-0.2, -0.15) is 0 Å². The summed E-state index contributed by atoms with van der Waals surface area (Å²) in [5.74, 6) is -3.12. The minimum Gasteiger partial charge on any atom is -0.460 e. The highest BCUT2D eigenvalue weighted by molar-refractivity contribution is 5.70. The first-order valence-corrected chi connectivity index (χ1v) is 5.01.